The number of carbonyl (C=O) groups excluding carboxylic acids is 1. The fourth-order valence-electron chi connectivity index (χ4n) is 2.14. The zero-order valence-electron chi connectivity index (χ0n) is 12.0. The Labute approximate surface area is 123 Å². The summed E-state index contributed by atoms with van der Waals surface area (Å²) in [4.78, 5) is 12.4. The van der Waals surface area contributed by atoms with Gasteiger partial charge in [0.1, 0.15) is 11.7 Å². The molecular formula is C18H16FNO. The molecule has 0 fully saturated rings. The number of hydrogen-bond donors (Lipinski definition) is 0. The molecule has 0 aliphatic carbocycles. The zero-order chi connectivity index (χ0) is 15.4. The number of nitriles is 1. The molecule has 0 N–H and O–H groups in total. The molecule has 2 nitrogen and oxygen atoms in total. The number of halogens is 1. The van der Waals surface area contributed by atoms with Gasteiger partial charge in [0.2, 0.25) is 0 Å². The molecule has 2 aromatic rings. The molecule has 106 valence electrons. The summed E-state index contributed by atoms with van der Waals surface area (Å²) in [5.74, 6) is -1.18. The molecule has 0 saturated heterocycles. The van der Waals surface area contributed by atoms with Crippen molar-refractivity contribution in [3.8, 4) is 6.07 Å². The highest BCUT2D eigenvalue weighted by Crippen LogP contribution is 2.23. The number of rotatable bonds is 4. The van der Waals surface area contributed by atoms with Crippen LogP contribution in [0.25, 0.3) is 0 Å². The molecule has 0 aliphatic rings. The topological polar surface area (TPSA) is 40.9 Å². The van der Waals surface area contributed by atoms with E-state index >= 15 is 0 Å². The van der Waals surface area contributed by atoms with Gasteiger partial charge < -0.3 is 0 Å². The Balaban J connectivity index is 2.29. The van der Waals surface area contributed by atoms with E-state index in [2.05, 4.69) is 13.8 Å². The normalized spacial score (nSPS) is 12.0. The van der Waals surface area contributed by atoms with Gasteiger partial charge in [-0.15, -0.1) is 0 Å². The van der Waals surface area contributed by atoms with Crippen molar-refractivity contribution in [1.29, 1.82) is 5.26 Å². The quantitative estimate of drug-likeness (QED) is 0.777. The molecule has 1 atom stereocenters. The fourth-order valence-corrected chi connectivity index (χ4v) is 2.14. The molecule has 1 unspecified atom stereocenters. The smallest absolute Gasteiger partial charge is 0.184 e. The van der Waals surface area contributed by atoms with E-state index in [1.165, 1.54) is 24.3 Å². The SMILES string of the molecule is CC(C)c1ccc(C(C#N)C(=O)c2ccc(F)cc2)cc1. The minimum absolute atomic E-state index is 0.310. The number of benzene rings is 2. The minimum Gasteiger partial charge on any atom is -0.292 e. The van der Waals surface area contributed by atoms with Crippen LogP contribution in [0.1, 0.15) is 47.2 Å². The zero-order valence-corrected chi connectivity index (χ0v) is 12.0. The maximum atomic E-state index is 12.9. The van der Waals surface area contributed by atoms with Gasteiger partial charge in [0.05, 0.1) is 6.07 Å². The molecule has 0 radical (unpaired) electrons. The lowest BCUT2D eigenvalue weighted by Gasteiger charge is -2.11. The maximum absolute atomic E-state index is 12.9. The van der Waals surface area contributed by atoms with Gasteiger partial charge in [-0.3, -0.25) is 4.79 Å². The van der Waals surface area contributed by atoms with E-state index in [4.69, 9.17) is 0 Å². The number of carbonyl (C=O) groups is 1. The first kappa shape index (κ1) is 14.9. The van der Waals surface area contributed by atoms with Crippen LogP contribution in [-0.2, 0) is 0 Å². The van der Waals surface area contributed by atoms with Crippen molar-refractivity contribution in [3.63, 3.8) is 0 Å². The average Bonchev–Trinajstić information content (AvgIpc) is 2.49. The van der Waals surface area contributed by atoms with Crippen LogP contribution in [0.4, 0.5) is 4.39 Å². The van der Waals surface area contributed by atoms with Crippen LogP contribution in [0.5, 0.6) is 0 Å². The lowest BCUT2D eigenvalue weighted by Crippen LogP contribution is -2.11. The summed E-state index contributed by atoms with van der Waals surface area (Å²) in [6.07, 6.45) is 0. The first-order chi connectivity index (χ1) is 10.0. The van der Waals surface area contributed by atoms with E-state index < -0.39 is 11.7 Å². The summed E-state index contributed by atoms with van der Waals surface area (Å²) in [7, 11) is 0. The monoisotopic (exact) mass is 281 g/mol. The molecule has 21 heavy (non-hydrogen) atoms. The number of ketones is 1. The molecule has 2 rings (SSSR count). The molecule has 0 spiro atoms. The Bertz CT molecular complexity index is 666. The molecule has 0 saturated carbocycles. The van der Waals surface area contributed by atoms with E-state index in [1.54, 1.807) is 0 Å². The van der Waals surface area contributed by atoms with Crippen molar-refractivity contribution in [1.82, 2.24) is 0 Å². The fraction of sp³-hybridized carbons (Fsp3) is 0.222. The van der Waals surface area contributed by atoms with Gasteiger partial charge >= 0.3 is 0 Å². The van der Waals surface area contributed by atoms with Crippen molar-refractivity contribution in [2.45, 2.75) is 25.7 Å². The van der Waals surface area contributed by atoms with E-state index in [0.717, 1.165) is 5.56 Å². The maximum Gasteiger partial charge on any atom is 0.184 e. The van der Waals surface area contributed by atoms with Crippen LogP contribution in [0.15, 0.2) is 48.5 Å². The molecule has 0 bridgehead atoms. The Morgan fingerprint density at radius 1 is 1.00 bits per heavy atom. The molecule has 3 heteroatoms. The van der Waals surface area contributed by atoms with Crippen LogP contribution in [0, 0.1) is 17.1 Å². The Hall–Kier alpha value is -2.47. The Morgan fingerprint density at radius 2 is 1.52 bits per heavy atom. The third kappa shape index (κ3) is 3.35. The van der Waals surface area contributed by atoms with Gasteiger partial charge in [0.15, 0.2) is 5.78 Å². The van der Waals surface area contributed by atoms with Crippen LogP contribution in [0.2, 0.25) is 0 Å². The van der Waals surface area contributed by atoms with Gasteiger partial charge in [-0.05, 0) is 41.3 Å². The first-order valence-corrected chi connectivity index (χ1v) is 6.82. The summed E-state index contributed by atoms with van der Waals surface area (Å²) in [6, 6.07) is 14.8. The highest BCUT2D eigenvalue weighted by Gasteiger charge is 2.21. The van der Waals surface area contributed by atoms with E-state index in [1.807, 2.05) is 30.3 Å². The summed E-state index contributed by atoms with van der Waals surface area (Å²) in [5, 5.41) is 9.30. The van der Waals surface area contributed by atoms with Crippen LogP contribution in [0.3, 0.4) is 0 Å². The highest BCUT2D eigenvalue weighted by molar-refractivity contribution is 6.02. The standard InChI is InChI=1S/C18H16FNO/c1-12(2)13-3-5-14(6-4-13)17(11-20)18(21)15-7-9-16(19)10-8-15/h3-10,12,17H,1-2H3. The molecule has 2 aromatic carbocycles. The first-order valence-electron chi connectivity index (χ1n) is 6.82. The lowest BCUT2D eigenvalue weighted by molar-refractivity contribution is 0.0979. The Morgan fingerprint density at radius 3 is 2.00 bits per heavy atom. The van der Waals surface area contributed by atoms with Gasteiger partial charge in [0.25, 0.3) is 0 Å². The van der Waals surface area contributed by atoms with Gasteiger partial charge in [0, 0.05) is 5.56 Å². The van der Waals surface area contributed by atoms with Crippen LogP contribution >= 0.6 is 0 Å². The summed E-state index contributed by atoms with van der Waals surface area (Å²) >= 11 is 0. The van der Waals surface area contributed by atoms with E-state index in [-0.39, 0.29) is 5.78 Å². The van der Waals surface area contributed by atoms with Crippen molar-refractivity contribution >= 4 is 5.78 Å². The van der Waals surface area contributed by atoms with Gasteiger partial charge in [-0.2, -0.15) is 5.26 Å². The van der Waals surface area contributed by atoms with Gasteiger partial charge in [-0.25, -0.2) is 4.39 Å². The average molecular weight is 281 g/mol. The van der Waals surface area contributed by atoms with E-state index in [0.29, 0.717) is 17.0 Å². The molecule has 0 aliphatic heterocycles. The second kappa shape index (κ2) is 6.32. The Kier molecular flexibility index (Phi) is 4.49. The predicted octanol–water partition coefficient (Wildman–Crippen LogP) is 4.44. The molecule has 0 amide bonds. The minimum atomic E-state index is -0.864. The number of Topliss-reactive ketones (excluding diaryl/α,β-unsaturated/α-hetero) is 1. The van der Waals surface area contributed by atoms with Crippen molar-refractivity contribution in [3.05, 3.63) is 71.0 Å². The van der Waals surface area contributed by atoms with Crippen molar-refractivity contribution in [2.24, 2.45) is 0 Å². The summed E-state index contributed by atoms with van der Waals surface area (Å²) in [5.41, 5.74) is 2.16. The van der Waals surface area contributed by atoms with Gasteiger partial charge in [-0.1, -0.05) is 38.1 Å². The summed E-state index contributed by atoms with van der Waals surface area (Å²) in [6.45, 7) is 4.17. The number of nitrogens with zero attached hydrogens (tertiary/aromatic N) is 1. The third-order valence-electron chi connectivity index (χ3n) is 3.46. The van der Waals surface area contributed by atoms with E-state index in [9.17, 15) is 14.4 Å². The second-order valence-electron chi connectivity index (χ2n) is 5.25. The molecule has 0 heterocycles. The van der Waals surface area contributed by atoms with Crippen molar-refractivity contribution in [2.75, 3.05) is 0 Å². The van der Waals surface area contributed by atoms with Crippen molar-refractivity contribution < 1.29 is 9.18 Å². The lowest BCUT2D eigenvalue weighted by atomic mass is 9.90. The number of hydrogen-bond acceptors (Lipinski definition) is 2. The van der Waals surface area contributed by atoms with Crippen LogP contribution in [-0.4, -0.2) is 5.78 Å². The molecular weight excluding hydrogens is 265 g/mol. The summed E-state index contributed by atoms with van der Waals surface area (Å²) < 4.78 is 12.9. The third-order valence-corrected chi connectivity index (χ3v) is 3.46. The largest absolute Gasteiger partial charge is 0.292 e. The predicted molar refractivity (Wildman–Crippen MR) is 79.6 cm³/mol. The molecule has 0 aromatic heterocycles. The highest BCUT2D eigenvalue weighted by atomic mass is 19.1. The second-order valence-corrected chi connectivity index (χ2v) is 5.25. The van der Waals surface area contributed by atoms with Crippen LogP contribution < -0.4 is 0 Å².